The monoisotopic (exact) mass is 644 g/mol. The van der Waals surface area contributed by atoms with Crippen LogP contribution in [0.15, 0.2) is 0 Å². The fourth-order valence-corrected chi connectivity index (χ4v) is 5.03. The fraction of sp³-hybridized carbons (Fsp3) is 0.867. The first-order valence-electron chi connectivity index (χ1n) is 15.8. The number of methoxy groups -OCH3 is 2. The normalized spacial score (nSPS) is 17.3. The van der Waals surface area contributed by atoms with E-state index in [1.165, 1.54) is 0 Å². The summed E-state index contributed by atoms with van der Waals surface area (Å²) >= 11 is 4.32. The first-order valence-corrected chi connectivity index (χ1v) is 16.4. The first kappa shape index (κ1) is 38.4. The summed E-state index contributed by atoms with van der Waals surface area (Å²) in [5, 5.41) is 14.9. The van der Waals surface area contributed by atoms with Gasteiger partial charge >= 0.3 is 0 Å². The number of thiol groups is 1. The van der Waals surface area contributed by atoms with Crippen LogP contribution in [0, 0.1) is 0 Å². The van der Waals surface area contributed by atoms with Crippen molar-refractivity contribution in [1.82, 2.24) is 30.5 Å². The van der Waals surface area contributed by atoms with Gasteiger partial charge in [-0.1, -0.05) is 5.21 Å². The molecular formula is C30H56N6O7S. The lowest BCUT2D eigenvalue weighted by atomic mass is 10.0. The van der Waals surface area contributed by atoms with Crippen molar-refractivity contribution in [1.29, 1.82) is 0 Å². The van der Waals surface area contributed by atoms with Crippen LogP contribution in [0.25, 0.3) is 0 Å². The van der Waals surface area contributed by atoms with Crippen LogP contribution in [0.2, 0.25) is 0 Å². The van der Waals surface area contributed by atoms with Crippen molar-refractivity contribution in [3.63, 3.8) is 0 Å². The Hall–Kier alpha value is -1.81. The molecule has 0 saturated heterocycles. The van der Waals surface area contributed by atoms with Crippen molar-refractivity contribution in [2.75, 3.05) is 85.8 Å². The topological polar surface area (TPSA) is 138 Å². The molecule has 0 radical (unpaired) electrons. The van der Waals surface area contributed by atoms with Crippen LogP contribution in [-0.2, 0) is 46.2 Å². The van der Waals surface area contributed by atoms with Gasteiger partial charge in [-0.25, -0.2) is 4.68 Å². The van der Waals surface area contributed by atoms with Crippen LogP contribution in [0.5, 0.6) is 0 Å². The average molecular weight is 645 g/mol. The van der Waals surface area contributed by atoms with Gasteiger partial charge in [0.05, 0.1) is 38.7 Å². The molecule has 14 heteroatoms. The summed E-state index contributed by atoms with van der Waals surface area (Å²) in [7, 11) is 3.21. The van der Waals surface area contributed by atoms with Gasteiger partial charge in [-0.15, -0.1) is 5.10 Å². The fourth-order valence-electron chi connectivity index (χ4n) is 4.84. The molecule has 44 heavy (non-hydrogen) atoms. The zero-order chi connectivity index (χ0) is 32.2. The highest BCUT2D eigenvalue weighted by atomic mass is 32.1. The van der Waals surface area contributed by atoms with Crippen LogP contribution < -0.4 is 10.6 Å². The molecule has 2 amide bonds. The molecule has 254 valence electrons. The lowest BCUT2D eigenvalue weighted by molar-refractivity contribution is -0.135. The minimum absolute atomic E-state index is 0.0121. The zero-order valence-electron chi connectivity index (χ0n) is 27.5. The van der Waals surface area contributed by atoms with Crippen molar-refractivity contribution in [2.24, 2.45) is 0 Å². The highest BCUT2D eigenvalue weighted by Gasteiger charge is 2.34. The smallest absolute Gasteiger partial charge is 0.222 e. The first-order chi connectivity index (χ1) is 21.2. The maximum Gasteiger partial charge on any atom is 0.222 e. The molecule has 0 saturated carbocycles. The van der Waals surface area contributed by atoms with Crippen molar-refractivity contribution in [3.05, 3.63) is 11.4 Å². The van der Waals surface area contributed by atoms with Crippen molar-refractivity contribution >= 4 is 24.4 Å². The number of amides is 2. The Bertz CT molecular complexity index is 945. The van der Waals surface area contributed by atoms with Crippen LogP contribution >= 0.6 is 12.6 Å². The highest BCUT2D eigenvalue weighted by molar-refractivity contribution is 7.80. The Balaban J connectivity index is 1.53. The Labute approximate surface area is 268 Å². The molecule has 1 aliphatic heterocycles. The van der Waals surface area contributed by atoms with E-state index in [-0.39, 0.29) is 29.9 Å². The summed E-state index contributed by atoms with van der Waals surface area (Å²) in [6.07, 6.45) is 2.53. The van der Waals surface area contributed by atoms with Crippen molar-refractivity contribution in [2.45, 2.75) is 83.6 Å². The second-order valence-electron chi connectivity index (χ2n) is 11.8. The van der Waals surface area contributed by atoms with E-state index in [0.717, 1.165) is 31.0 Å². The van der Waals surface area contributed by atoms with Gasteiger partial charge in [0, 0.05) is 77.6 Å². The zero-order valence-corrected chi connectivity index (χ0v) is 28.4. The Morgan fingerprint density at radius 2 is 1.59 bits per heavy atom. The molecule has 2 rings (SSSR count). The number of ether oxygens (including phenoxy) is 5. The Kier molecular flexibility index (Phi) is 19.0. The molecule has 0 unspecified atom stereocenters. The molecule has 0 aliphatic carbocycles. The lowest BCUT2D eigenvalue weighted by Crippen LogP contribution is -2.44. The number of hydrogen-bond donors (Lipinski definition) is 3. The van der Waals surface area contributed by atoms with Gasteiger partial charge in [-0.2, -0.15) is 12.6 Å². The summed E-state index contributed by atoms with van der Waals surface area (Å²) in [4.78, 5) is 27.2. The number of fused-ring (bicyclic) bond motifs is 1. The third-order valence-electron chi connectivity index (χ3n) is 7.16. The van der Waals surface area contributed by atoms with Crippen LogP contribution in [0.4, 0.5) is 0 Å². The summed E-state index contributed by atoms with van der Waals surface area (Å²) in [5.41, 5.74) is 1.82. The second kappa shape index (κ2) is 21.8. The number of aromatic nitrogens is 3. The molecule has 2 atom stereocenters. The van der Waals surface area contributed by atoms with E-state index in [1.807, 2.05) is 4.68 Å². The number of rotatable bonds is 22. The maximum atomic E-state index is 13.1. The molecule has 0 fully saturated rings. The van der Waals surface area contributed by atoms with Crippen molar-refractivity contribution < 1.29 is 33.3 Å². The number of nitrogens with zero attached hydrogens (tertiary/aromatic N) is 4. The molecule has 0 bridgehead atoms. The van der Waals surface area contributed by atoms with E-state index in [1.54, 1.807) is 19.1 Å². The van der Waals surface area contributed by atoms with E-state index in [4.69, 9.17) is 23.7 Å². The van der Waals surface area contributed by atoms with Crippen LogP contribution in [-0.4, -0.2) is 129 Å². The van der Waals surface area contributed by atoms with Crippen molar-refractivity contribution in [3.8, 4) is 0 Å². The average Bonchev–Trinajstić information content (AvgIpc) is 3.36. The molecule has 1 aromatic heterocycles. The third kappa shape index (κ3) is 15.0. The van der Waals surface area contributed by atoms with Gasteiger partial charge in [-0.3, -0.25) is 9.59 Å². The van der Waals surface area contributed by atoms with Gasteiger partial charge < -0.3 is 39.2 Å². The standard InChI is InChI=1S/C30H56N6O7S/c1-30(2,3)32-13-8-17-42-19-21-43-20-18-41-16-7-12-31-26(37)9-6-10-27(38)35-14-11-24-28(33-34-36(24)15-22-44)29(40-5)25(23-35)39-4/h25,29,32,44H,6-23H2,1-5H3,(H,31,37)/t25-,29+/m0/s1. The molecule has 2 N–H and O–H groups in total. The van der Waals surface area contributed by atoms with Crippen LogP contribution in [0.1, 0.15) is 70.4 Å². The second-order valence-corrected chi connectivity index (χ2v) is 12.3. The molecule has 13 nitrogen and oxygen atoms in total. The number of hydrogen-bond acceptors (Lipinski definition) is 11. The van der Waals surface area contributed by atoms with E-state index in [0.29, 0.717) is 90.6 Å². The van der Waals surface area contributed by atoms with Gasteiger partial charge in [-0.05, 0) is 46.6 Å². The largest absolute Gasteiger partial charge is 0.379 e. The molecular weight excluding hydrogens is 588 g/mol. The minimum Gasteiger partial charge on any atom is -0.379 e. The molecule has 2 heterocycles. The minimum atomic E-state index is -0.433. The molecule has 0 aromatic carbocycles. The number of aryl methyl sites for hydroxylation is 1. The lowest BCUT2D eigenvalue weighted by Gasteiger charge is -2.33. The predicted octanol–water partition coefficient (Wildman–Crippen LogP) is 1.80. The Morgan fingerprint density at radius 3 is 2.20 bits per heavy atom. The van der Waals surface area contributed by atoms with E-state index in [2.05, 4.69) is 54.3 Å². The quantitative estimate of drug-likeness (QED) is 0.127. The SMILES string of the molecule is CO[C@H]1CN(C(=O)CCCC(=O)NCCCOCCOCCOCCCNC(C)(C)C)CCc2c(nnn2CCS)[C@@H]1OC. The summed E-state index contributed by atoms with van der Waals surface area (Å²) in [5.74, 6) is 0.548. The molecule has 1 aliphatic rings. The van der Waals surface area contributed by atoms with E-state index < -0.39 is 6.10 Å². The number of nitrogens with one attached hydrogen (secondary N) is 2. The summed E-state index contributed by atoms with van der Waals surface area (Å²) < 4.78 is 29.9. The maximum absolute atomic E-state index is 13.1. The summed E-state index contributed by atoms with van der Waals surface area (Å²) in [6, 6.07) is 0. The van der Waals surface area contributed by atoms with Gasteiger partial charge in [0.25, 0.3) is 0 Å². The number of carbonyl (C=O) groups is 2. The molecule has 1 aromatic rings. The Morgan fingerprint density at radius 1 is 0.932 bits per heavy atom. The molecule has 0 spiro atoms. The highest BCUT2D eigenvalue weighted by Crippen LogP contribution is 2.28. The number of carbonyl (C=O) groups excluding carboxylic acids is 2. The van der Waals surface area contributed by atoms with Gasteiger partial charge in [0.1, 0.15) is 17.9 Å². The predicted molar refractivity (Wildman–Crippen MR) is 171 cm³/mol. The van der Waals surface area contributed by atoms with Gasteiger partial charge in [0.15, 0.2) is 0 Å². The van der Waals surface area contributed by atoms with Crippen LogP contribution in [0.3, 0.4) is 0 Å². The van der Waals surface area contributed by atoms with E-state index in [9.17, 15) is 9.59 Å². The third-order valence-corrected chi connectivity index (χ3v) is 7.36. The van der Waals surface area contributed by atoms with Gasteiger partial charge in [0.2, 0.25) is 11.8 Å². The summed E-state index contributed by atoms with van der Waals surface area (Å²) in [6.45, 7) is 12.8. The van der Waals surface area contributed by atoms with E-state index >= 15 is 0 Å².